The van der Waals surface area contributed by atoms with E-state index in [1.54, 1.807) is 23.6 Å². The molecule has 5 heteroatoms. The third-order valence-corrected chi connectivity index (χ3v) is 3.80. The Kier molecular flexibility index (Phi) is 4.14. The molecule has 0 spiro atoms. The Bertz CT molecular complexity index is 406. The lowest BCUT2D eigenvalue weighted by molar-refractivity contribution is -0.131. The molecular weight excluding hydrogens is 236 g/mol. The maximum absolute atomic E-state index is 10.4. The van der Waals surface area contributed by atoms with Gasteiger partial charge >= 0.3 is 5.97 Å². The highest BCUT2D eigenvalue weighted by atomic mass is 32.1. The van der Waals surface area contributed by atoms with Gasteiger partial charge in [-0.3, -0.25) is 0 Å². The summed E-state index contributed by atoms with van der Waals surface area (Å²) in [7, 11) is 0. The molecule has 0 aliphatic carbocycles. The van der Waals surface area contributed by atoms with Crippen molar-refractivity contribution in [1.82, 2.24) is 4.98 Å². The molecule has 0 unspecified atom stereocenters. The summed E-state index contributed by atoms with van der Waals surface area (Å²) in [6, 6.07) is 0. The average molecular weight is 252 g/mol. The Morgan fingerprint density at radius 2 is 2.06 bits per heavy atom. The van der Waals surface area contributed by atoms with Crippen LogP contribution in [-0.2, 0) is 4.79 Å². The molecule has 1 N–H and O–H groups in total. The second-order valence-corrected chi connectivity index (χ2v) is 5.16. The molecule has 1 aromatic rings. The molecule has 4 nitrogen and oxygen atoms in total. The first-order valence-electron chi connectivity index (χ1n) is 5.87. The number of aromatic nitrogens is 1. The molecule has 0 bridgehead atoms. The van der Waals surface area contributed by atoms with Gasteiger partial charge in [0.1, 0.15) is 0 Å². The van der Waals surface area contributed by atoms with E-state index in [4.69, 9.17) is 5.11 Å². The summed E-state index contributed by atoms with van der Waals surface area (Å²) in [4.78, 5) is 18.0. The number of thiazole rings is 1. The number of carbonyl (C=O) groups is 1. The third kappa shape index (κ3) is 3.56. The van der Waals surface area contributed by atoms with Crippen molar-refractivity contribution in [3.05, 3.63) is 17.2 Å². The zero-order valence-corrected chi connectivity index (χ0v) is 10.4. The fourth-order valence-electron chi connectivity index (χ4n) is 1.92. The highest BCUT2D eigenvalue weighted by Crippen LogP contribution is 2.25. The van der Waals surface area contributed by atoms with Crippen molar-refractivity contribution in [2.24, 2.45) is 0 Å². The molecular formula is C12H16N2O2S. The van der Waals surface area contributed by atoms with Crippen LogP contribution in [0.5, 0.6) is 0 Å². The van der Waals surface area contributed by atoms with Crippen LogP contribution in [0.25, 0.3) is 6.08 Å². The van der Waals surface area contributed by atoms with E-state index in [0.29, 0.717) is 0 Å². The molecule has 17 heavy (non-hydrogen) atoms. The molecule has 92 valence electrons. The van der Waals surface area contributed by atoms with E-state index in [-0.39, 0.29) is 0 Å². The molecule has 0 saturated carbocycles. The predicted molar refractivity (Wildman–Crippen MR) is 69.5 cm³/mol. The molecule has 1 aliphatic heterocycles. The van der Waals surface area contributed by atoms with Crippen molar-refractivity contribution in [3.8, 4) is 0 Å². The molecule has 2 heterocycles. The Labute approximate surface area is 105 Å². The zero-order chi connectivity index (χ0) is 12.1. The minimum Gasteiger partial charge on any atom is -0.478 e. The van der Waals surface area contributed by atoms with Crippen LogP contribution in [0, 0.1) is 0 Å². The summed E-state index contributed by atoms with van der Waals surface area (Å²) in [5.74, 6) is -0.922. The van der Waals surface area contributed by atoms with Crippen LogP contribution in [0.4, 0.5) is 5.13 Å². The number of hydrogen-bond donors (Lipinski definition) is 1. The lowest BCUT2D eigenvalue weighted by Gasteiger charge is -2.18. The quantitative estimate of drug-likeness (QED) is 0.840. The second kappa shape index (κ2) is 5.82. The van der Waals surface area contributed by atoms with Gasteiger partial charge in [0.2, 0.25) is 0 Å². The number of anilines is 1. The maximum Gasteiger partial charge on any atom is 0.328 e. The largest absolute Gasteiger partial charge is 0.478 e. The standard InChI is InChI=1S/C12H16N2O2S/c15-11(16)6-5-10-9-13-12(17-10)14-7-3-1-2-4-8-14/h5-6,9H,1-4,7-8H2,(H,15,16)/b6-5+. The van der Waals surface area contributed by atoms with Crippen molar-refractivity contribution in [2.45, 2.75) is 25.7 Å². The van der Waals surface area contributed by atoms with Gasteiger partial charge in [0.25, 0.3) is 0 Å². The summed E-state index contributed by atoms with van der Waals surface area (Å²) >= 11 is 1.56. The topological polar surface area (TPSA) is 53.4 Å². The first kappa shape index (κ1) is 12.1. The minimum absolute atomic E-state index is 0.895. The van der Waals surface area contributed by atoms with Crippen LogP contribution in [-0.4, -0.2) is 29.1 Å². The van der Waals surface area contributed by atoms with E-state index >= 15 is 0 Å². The predicted octanol–water partition coefficient (Wildman–Crippen LogP) is 2.62. The fraction of sp³-hybridized carbons (Fsp3) is 0.500. The monoisotopic (exact) mass is 252 g/mol. The SMILES string of the molecule is O=C(O)/C=C/c1cnc(N2CCCCCC2)s1. The van der Waals surface area contributed by atoms with Crippen molar-refractivity contribution in [1.29, 1.82) is 0 Å². The highest BCUT2D eigenvalue weighted by molar-refractivity contribution is 7.16. The van der Waals surface area contributed by atoms with Crippen molar-refractivity contribution in [3.63, 3.8) is 0 Å². The van der Waals surface area contributed by atoms with Crippen LogP contribution in [0.2, 0.25) is 0 Å². The molecule has 0 atom stereocenters. The number of nitrogens with zero attached hydrogens (tertiary/aromatic N) is 2. The molecule has 2 rings (SSSR count). The summed E-state index contributed by atoms with van der Waals surface area (Å²) in [5, 5.41) is 9.57. The highest BCUT2D eigenvalue weighted by Gasteiger charge is 2.12. The van der Waals surface area contributed by atoms with E-state index in [0.717, 1.165) is 29.2 Å². The molecule has 0 amide bonds. The van der Waals surface area contributed by atoms with Gasteiger partial charge in [-0.15, -0.1) is 0 Å². The van der Waals surface area contributed by atoms with Gasteiger partial charge in [-0.1, -0.05) is 24.2 Å². The fourth-order valence-corrected chi connectivity index (χ4v) is 2.78. The number of rotatable bonds is 3. The Morgan fingerprint density at radius 3 is 2.71 bits per heavy atom. The van der Waals surface area contributed by atoms with Crippen LogP contribution >= 0.6 is 11.3 Å². The summed E-state index contributed by atoms with van der Waals surface area (Å²) < 4.78 is 0. The van der Waals surface area contributed by atoms with Gasteiger partial charge in [0, 0.05) is 30.2 Å². The number of carboxylic acids is 1. The van der Waals surface area contributed by atoms with Crippen LogP contribution in [0.3, 0.4) is 0 Å². The number of aliphatic carboxylic acids is 1. The first-order chi connectivity index (χ1) is 8.25. The molecule has 1 fully saturated rings. The van der Waals surface area contributed by atoms with Crippen molar-refractivity contribution >= 4 is 28.5 Å². The number of hydrogen-bond acceptors (Lipinski definition) is 4. The van der Waals surface area contributed by atoms with E-state index in [9.17, 15) is 4.79 Å². The van der Waals surface area contributed by atoms with Crippen molar-refractivity contribution in [2.75, 3.05) is 18.0 Å². The Morgan fingerprint density at radius 1 is 1.35 bits per heavy atom. The lowest BCUT2D eigenvalue weighted by Crippen LogP contribution is -2.23. The van der Waals surface area contributed by atoms with E-state index in [2.05, 4.69) is 9.88 Å². The smallest absolute Gasteiger partial charge is 0.328 e. The van der Waals surface area contributed by atoms with Gasteiger partial charge in [-0.25, -0.2) is 9.78 Å². The minimum atomic E-state index is -0.922. The summed E-state index contributed by atoms with van der Waals surface area (Å²) in [6.07, 6.45) is 9.53. The van der Waals surface area contributed by atoms with Crippen LogP contribution in [0.1, 0.15) is 30.6 Å². The lowest BCUT2D eigenvalue weighted by atomic mass is 10.2. The molecule has 0 radical (unpaired) electrons. The van der Waals surface area contributed by atoms with Crippen LogP contribution in [0.15, 0.2) is 12.3 Å². The molecule has 1 saturated heterocycles. The first-order valence-corrected chi connectivity index (χ1v) is 6.69. The Hall–Kier alpha value is -1.36. The zero-order valence-electron chi connectivity index (χ0n) is 9.63. The van der Waals surface area contributed by atoms with E-state index < -0.39 is 5.97 Å². The van der Waals surface area contributed by atoms with Crippen molar-refractivity contribution < 1.29 is 9.90 Å². The summed E-state index contributed by atoms with van der Waals surface area (Å²) in [5.41, 5.74) is 0. The third-order valence-electron chi connectivity index (χ3n) is 2.78. The van der Waals surface area contributed by atoms with Gasteiger partial charge in [0.15, 0.2) is 5.13 Å². The van der Waals surface area contributed by atoms with Gasteiger partial charge < -0.3 is 10.0 Å². The summed E-state index contributed by atoms with van der Waals surface area (Å²) in [6.45, 7) is 2.13. The van der Waals surface area contributed by atoms with Gasteiger partial charge in [-0.2, -0.15) is 0 Å². The Balaban J connectivity index is 2.03. The molecule has 1 aliphatic rings. The van der Waals surface area contributed by atoms with Gasteiger partial charge in [-0.05, 0) is 18.9 Å². The molecule has 1 aromatic heterocycles. The van der Waals surface area contributed by atoms with E-state index in [1.807, 2.05) is 0 Å². The van der Waals surface area contributed by atoms with Crippen LogP contribution < -0.4 is 4.90 Å². The average Bonchev–Trinajstić information content (AvgIpc) is 2.60. The molecule has 0 aromatic carbocycles. The second-order valence-electron chi connectivity index (χ2n) is 4.12. The maximum atomic E-state index is 10.4. The van der Waals surface area contributed by atoms with E-state index in [1.165, 1.54) is 25.7 Å². The van der Waals surface area contributed by atoms with Gasteiger partial charge in [0.05, 0.1) is 0 Å². The normalized spacial score (nSPS) is 17.3. The number of carboxylic acid groups (broad SMARTS) is 1.